The molecular weight excluding hydrogens is 378 g/mol. The Morgan fingerprint density at radius 1 is 0.967 bits per heavy atom. The van der Waals surface area contributed by atoms with Gasteiger partial charge in [-0.25, -0.2) is 0 Å². The molecule has 0 aliphatic heterocycles. The minimum atomic E-state index is -0.817. The van der Waals surface area contributed by atoms with E-state index in [1.54, 1.807) is 13.3 Å². The molecule has 3 aromatic rings. The van der Waals surface area contributed by atoms with Crippen LogP contribution in [0.4, 0.5) is 0 Å². The van der Waals surface area contributed by atoms with Crippen molar-refractivity contribution in [3.05, 3.63) is 94.3 Å². The fourth-order valence-electron chi connectivity index (χ4n) is 3.31. The Hall–Kier alpha value is -2.73. The van der Waals surface area contributed by atoms with Crippen molar-refractivity contribution in [3.8, 4) is 5.75 Å². The number of rotatable bonds is 10. The number of hydrogen-bond acceptors (Lipinski definition) is 5. The molecule has 2 aromatic carbocycles. The molecule has 30 heavy (non-hydrogen) atoms. The zero-order valence-corrected chi connectivity index (χ0v) is 17.8. The second-order valence-electron chi connectivity index (χ2n) is 7.30. The van der Waals surface area contributed by atoms with Gasteiger partial charge in [0.1, 0.15) is 25.3 Å². The van der Waals surface area contributed by atoms with Crippen LogP contribution in [0.15, 0.2) is 60.8 Å². The fourth-order valence-corrected chi connectivity index (χ4v) is 3.31. The van der Waals surface area contributed by atoms with Gasteiger partial charge in [-0.1, -0.05) is 42.5 Å². The molecule has 5 nitrogen and oxygen atoms in total. The molecule has 1 atom stereocenters. The van der Waals surface area contributed by atoms with Crippen molar-refractivity contribution in [1.82, 2.24) is 4.98 Å². The topological polar surface area (TPSA) is 60.8 Å². The number of aryl methyl sites for hydroxylation is 2. The van der Waals surface area contributed by atoms with Crippen molar-refractivity contribution in [2.75, 3.05) is 20.5 Å². The van der Waals surface area contributed by atoms with Crippen LogP contribution >= 0.6 is 0 Å². The molecule has 1 aromatic heterocycles. The Balaban J connectivity index is 1.85. The Morgan fingerprint density at radius 3 is 2.50 bits per heavy atom. The zero-order chi connectivity index (χ0) is 21.3. The number of methoxy groups -OCH3 is 1. The van der Waals surface area contributed by atoms with E-state index in [4.69, 9.17) is 14.2 Å². The van der Waals surface area contributed by atoms with Crippen molar-refractivity contribution in [3.63, 3.8) is 0 Å². The molecule has 3 rings (SSSR count). The number of pyridine rings is 1. The Labute approximate surface area is 178 Å². The van der Waals surface area contributed by atoms with E-state index >= 15 is 0 Å². The number of benzene rings is 2. The highest BCUT2D eigenvalue weighted by Gasteiger charge is 2.19. The first kappa shape index (κ1) is 22.0. The van der Waals surface area contributed by atoms with Crippen LogP contribution in [0.5, 0.6) is 5.75 Å². The first-order valence-corrected chi connectivity index (χ1v) is 10.1. The SMILES string of the molecule is COCOCCc1ccc(C(O)c2cnc(C)cc2C)c(OCc2ccccc2)c1. The third-order valence-electron chi connectivity index (χ3n) is 4.93. The fraction of sp³-hybridized carbons (Fsp3) is 0.320. The predicted octanol–water partition coefficient (Wildman–Crippen LogP) is 4.52. The quantitative estimate of drug-likeness (QED) is 0.395. The van der Waals surface area contributed by atoms with Gasteiger partial charge in [0.15, 0.2) is 0 Å². The maximum atomic E-state index is 11.1. The van der Waals surface area contributed by atoms with Crippen molar-refractivity contribution in [2.45, 2.75) is 33.0 Å². The average Bonchev–Trinajstić information content (AvgIpc) is 2.76. The van der Waals surface area contributed by atoms with Crippen molar-refractivity contribution in [2.24, 2.45) is 0 Å². The summed E-state index contributed by atoms with van der Waals surface area (Å²) in [5.41, 5.74) is 5.57. The van der Waals surface area contributed by atoms with Crippen LogP contribution in [-0.4, -0.2) is 30.6 Å². The first-order chi connectivity index (χ1) is 14.6. The first-order valence-electron chi connectivity index (χ1n) is 10.1. The summed E-state index contributed by atoms with van der Waals surface area (Å²) in [4.78, 5) is 4.36. The molecule has 1 heterocycles. The van der Waals surface area contributed by atoms with E-state index < -0.39 is 6.10 Å². The normalized spacial score (nSPS) is 12.0. The van der Waals surface area contributed by atoms with E-state index in [2.05, 4.69) is 4.98 Å². The predicted molar refractivity (Wildman–Crippen MR) is 117 cm³/mol. The van der Waals surface area contributed by atoms with Gasteiger partial charge in [0.05, 0.1) is 6.61 Å². The van der Waals surface area contributed by atoms with E-state index in [-0.39, 0.29) is 6.79 Å². The van der Waals surface area contributed by atoms with Crippen LogP contribution < -0.4 is 4.74 Å². The van der Waals surface area contributed by atoms with Gasteiger partial charge in [-0.3, -0.25) is 4.98 Å². The molecule has 1 unspecified atom stereocenters. The summed E-state index contributed by atoms with van der Waals surface area (Å²) in [5, 5.41) is 11.1. The number of hydrogen-bond donors (Lipinski definition) is 1. The lowest BCUT2D eigenvalue weighted by Crippen LogP contribution is -2.08. The van der Waals surface area contributed by atoms with E-state index in [9.17, 15) is 5.11 Å². The van der Waals surface area contributed by atoms with Crippen LogP contribution in [-0.2, 0) is 22.5 Å². The molecule has 0 radical (unpaired) electrons. The van der Waals surface area contributed by atoms with Crippen molar-refractivity contribution in [1.29, 1.82) is 0 Å². The third-order valence-corrected chi connectivity index (χ3v) is 4.93. The average molecular weight is 408 g/mol. The van der Waals surface area contributed by atoms with Crippen LogP contribution in [0.3, 0.4) is 0 Å². The van der Waals surface area contributed by atoms with Gasteiger partial charge in [0, 0.05) is 30.1 Å². The van der Waals surface area contributed by atoms with Crippen LogP contribution in [0.2, 0.25) is 0 Å². The lowest BCUT2D eigenvalue weighted by molar-refractivity contribution is -0.0291. The highest BCUT2D eigenvalue weighted by Crippen LogP contribution is 2.33. The molecule has 5 heteroatoms. The van der Waals surface area contributed by atoms with Gasteiger partial charge in [0.25, 0.3) is 0 Å². The van der Waals surface area contributed by atoms with E-state index in [0.717, 1.165) is 39.9 Å². The molecule has 0 fully saturated rings. The van der Waals surface area contributed by atoms with Crippen molar-refractivity contribution >= 4 is 0 Å². The van der Waals surface area contributed by atoms with E-state index in [1.807, 2.05) is 68.4 Å². The third kappa shape index (κ3) is 5.89. The zero-order valence-electron chi connectivity index (χ0n) is 17.8. The Bertz CT molecular complexity index is 943. The summed E-state index contributed by atoms with van der Waals surface area (Å²) in [6.07, 6.45) is 1.65. The van der Waals surface area contributed by atoms with Gasteiger partial charge in [-0.05, 0) is 49.1 Å². The number of nitrogens with zero attached hydrogens (tertiary/aromatic N) is 1. The maximum Gasteiger partial charge on any atom is 0.146 e. The summed E-state index contributed by atoms with van der Waals surface area (Å²) in [6, 6.07) is 17.9. The highest BCUT2D eigenvalue weighted by atomic mass is 16.7. The van der Waals surface area contributed by atoms with Gasteiger partial charge < -0.3 is 19.3 Å². The number of aliphatic hydroxyl groups excluding tert-OH is 1. The maximum absolute atomic E-state index is 11.1. The Kier molecular flexibility index (Phi) is 7.97. The van der Waals surface area contributed by atoms with Gasteiger partial charge in [-0.15, -0.1) is 0 Å². The number of ether oxygens (including phenoxy) is 3. The summed E-state index contributed by atoms with van der Waals surface area (Å²) < 4.78 is 16.5. The molecule has 0 aliphatic rings. The lowest BCUT2D eigenvalue weighted by atomic mass is 9.96. The molecule has 1 N–H and O–H groups in total. The molecule has 0 amide bonds. The lowest BCUT2D eigenvalue weighted by Gasteiger charge is -2.19. The monoisotopic (exact) mass is 407 g/mol. The minimum absolute atomic E-state index is 0.272. The second-order valence-corrected chi connectivity index (χ2v) is 7.30. The summed E-state index contributed by atoms with van der Waals surface area (Å²) in [6.45, 7) is 5.18. The molecule has 0 saturated carbocycles. The van der Waals surface area contributed by atoms with Crippen molar-refractivity contribution < 1.29 is 19.3 Å². The Morgan fingerprint density at radius 2 is 1.77 bits per heavy atom. The summed E-state index contributed by atoms with van der Waals surface area (Å²) >= 11 is 0. The van der Waals surface area contributed by atoms with Gasteiger partial charge >= 0.3 is 0 Å². The molecule has 158 valence electrons. The van der Waals surface area contributed by atoms with Crippen LogP contribution in [0.25, 0.3) is 0 Å². The molecule has 0 spiro atoms. The van der Waals surface area contributed by atoms with Crippen LogP contribution in [0.1, 0.15) is 39.6 Å². The molecule has 0 saturated heterocycles. The number of aliphatic hydroxyl groups is 1. The molecular formula is C25H29NO4. The smallest absolute Gasteiger partial charge is 0.146 e. The molecule has 0 bridgehead atoms. The number of aromatic nitrogens is 1. The minimum Gasteiger partial charge on any atom is -0.488 e. The summed E-state index contributed by atoms with van der Waals surface area (Å²) in [5.74, 6) is 0.663. The largest absolute Gasteiger partial charge is 0.488 e. The standard InChI is InChI=1S/C25H29NO4/c1-18-13-19(2)26-15-23(18)25(27)22-10-9-20(11-12-29-17-28-3)14-24(22)30-16-21-7-5-4-6-8-21/h4-10,13-15,25,27H,11-12,16-17H2,1-3H3. The highest BCUT2D eigenvalue weighted by molar-refractivity contribution is 5.44. The molecule has 0 aliphatic carbocycles. The van der Waals surface area contributed by atoms with Gasteiger partial charge in [-0.2, -0.15) is 0 Å². The van der Waals surface area contributed by atoms with Gasteiger partial charge in [0.2, 0.25) is 0 Å². The second kappa shape index (κ2) is 10.9. The van der Waals surface area contributed by atoms with E-state index in [0.29, 0.717) is 19.0 Å². The summed E-state index contributed by atoms with van der Waals surface area (Å²) in [7, 11) is 1.60. The van der Waals surface area contributed by atoms with E-state index in [1.165, 1.54) is 0 Å². The van der Waals surface area contributed by atoms with Crippen LogP contribution in [0, 0.1) is 13.8 Å².